The Morgan fingerprint density at radius 1 is 1.03 bits per heavy atom. The summed E-state index contributed by atoms with van der Waals surface area (Å²) in [5.41, 5.74) is 4.95. The lowest BCUT2D eigenvalue weighted by Gasteiger charge is -2.20. The molecule has 1 aliphatic rings. The number of ether oxygens (including phenoxy) is 2. The van der Waals surface area contributed by atoms with Crippen molar-refractivity contribution in [2.24, 2.45) is 0 Å². The molecule has 1 aliphatic heterocycles. The number of aromatic nitrogens is 1. The fourth-order valence-electron chi connectivity index (χ4n) is 3.57. The van der Waals surface area contributed by atoms with Crippen LogP contribution in [0.3, 0.4) is 0 Å². The fourth-order valence-corrected chi connectivity index (χ4v) is 3.57. The lowest BCUT2D eigenvalue weighted by Crippen LogP contribution is -2.15. The van der Waals surface area contributed by atoms with E-state index in [0.717, 1.165) is 51.2 Å². The Morgan fingerprint density at radius 3 is 2.52 bits per heavy atom. The number of benzene rings is 2. The minimum Gasteiger partial charge on any atom is -0.486 e. The minimum atomic E-state index is -0.0111. The van der Waals surface area contributed by atoms with Gasteiger partial charge in [0.15, 0.2) is 11.5 Å². The highest BCUT2D eigenvalue weighted by atomic mass is 16.6. The number of aromatic amines is 1. The van der Waals surface area contributed by atoms with Crippen molar-refractivity contribution in [3.8, 4) is 11.5 Å². The van der Waals surface area contributed by atoms with Gasteiger partial charge < -0.3 is 19.4 Å². The van der Waals surface area contributed by atoms with Gasteiger partial charge in [0.25, 0.3) is 5.56 Å². The van der Waals surface area contributed by atoms with E-state index in [0.29, 0.717) is 19.6 Å². The molecule has 0 saturated carbocycles. The first-order chi connectivity index (χ1) is 14.0. The first-order valence-corrected chi connectivity index (χ1v) is 9.96. The third-order valence-electron chi connectivity index (χ3n) is 5.13. The summed E-state index contributed by atoms with van der Waals surface area (Å²) in [6.07, 6.45) is 2.93. The second-order valence-electron chi connectivity index (χ2n) is 7.52. The van der Waals surface area contributed by atoms with Gasteiger partial charge in [-0.3, -0.25) is 4.79 Å². The fraction of sp³-hybridized carbons (Fsp3) is 0.292. The number of pyridine rings is 1. The Morgan fingerprint density at radius 2 is 1.76 bits per heavy atom. The largest absolute Gasteiger partial charge is 0.486 e. The third-order valence-corrected chi connectivity index (χ3v) is 5.13. The van der Waals surface area contributed by atoms with Crippen LogP contribution in [0.4, 0.5) is 0 Å². The van der Waals surface area contributed by atoms with Gasteiger partial charge in [-0.25, -0.2) is 0 Å². The van der Waals surface area contributed by atoms with Gasteiger partial charge in [-0.05, 0) is 72.9 Å². The maximum Gasteiger partial charge on any atom is 0.251 e. The van der Waals surface area contributed by atoms with E-state index >= 15 is 0 Å². The van der Waals surface area contributed by atoms with Gasteiger partial charge in [0.1, 0.15) is 13.2 Å². The number of hydrogen-bond donors (Lipinski definition) is 1. The number of hydrogen-bond acceptors (Lipinski definition) is 4. The number of nitrogens with zero attached hydrogens (tertiary/aromatic N) is 1. The standard InChI is InChI=1S/C24H26N2O3/c1-4-16-13-19-14-17(5-7-21(19)25-24(16)27)20(9-10-26(2)3)18-6-8-22-23(15-18)29-12-11-28-22/h5-9,13-15H,4,10-12H2,1-3H3,(H,25,27). The molecule has 150 valence electrons. The molecule has 1 aromatic heterocycles. The summed E-state index contributed by atoms with van der Waals surface area (Å²) in [6, 6.07) is 14.3. The van der Waals surface area contributed by atoms with Crippen LogP contribution in [0.15, 0.2) is 53.3 Å². The zero-order chi connectivity index (χ0) is 20.4. The molecule has 0 radical (unpaired) electrons. The number of fused-ring (bicyclic) bond motifs is 2. The van der Waals surface area contributed by atoms with E-state index in [1.807, 2.05) is 31.2 Å². The summed E-state index contributed by atoms with van der Waals surface area (Å²) in [5, 5.41) is 1.03. The highest BCUT2D eigenvalue weighted by molar-refractivity contribution is 5.88. The van der Waals surface area contributed by atoms with Crippen molar-refractivity contribution in [2.45, 2.75) is 13.3 Å². The van der Waals surface area contributed by atoms with Crippen molar-refractivity contribution in [1.82, 2.24) is 9.88 Å². The van der Waals surface area contributed by atoms with E-state index < -0.39 is 0 Å². The maximum absolute atomic E-state index is 12.1. The monoisotopic (exact) mass is 390 g/mol. The van der Waals surface area contributed by atoms with Crippen LogP contribution in [0.25, 0.3) is 16.5 Å². The molecule has 0 atom stereocenters. The van der Waals surface area contributed by atoms with E-state index in [1.54, 1.807) is 0 Å². The molecule has 1 N–H and O–H groups in total. The Balaban J connectivity index is 1.82. The van der Waals surface area contributed by atoms with Crippen LogP contribution in [0.5, 0.6) is 11.5 Å². The molecular weight excluding hydrogens is 364 g/mol. The maximum atomic E-state index is 12.1. The molecule has 2 aromatic carbocycles. The van der Waals surface area contributed by atoms with E-state index in [2.05, 4.69) is 48.3 Å². The van der Waals surface area contributed by atoms with Gasteiger partial charge in [-0.15, -0.1) is 0 Å². The predicted molar refractivity (Wildman–Crippen MR) is 117 cm³/mol. The average molecular weight is 390 g/mol. The van der Waals surface area contributed by atoms with Crippen molar-refractivity contribution in [2.75, 3.05) is 33.9 Å². The highest BCUT2D eigenvalue weighted by Gasteiger charge is 2.15. The van der Waals surface area contributed by atoms with Crippen LogP contribution in [0.1, 0.15) is 23.6 Å². The first-order valence-electron chi connectivity index (χ1n) is 9.96. The van der Waals surface area contributed by atoms with Crippen molar-refractivity contribution in [3.05, 3.63) is 75.6 Å². The molecule has 2 heterocycles. The average Bonchev–Trinajstić information content (AvgIpc) is 2.73. The predicted octanol–water partition coefficient (Wildman–Crippen LogP) is 3.86. The van der Waals surface area contributed by atoms with Crippen molar-refractivity contribution in [3.63, 3.8) is 0 Å². The molecule has 4 rings (SSSR count). The molecular formula is C24H26N2O3. The van der Waals surface area contributed by atoms with Gasteiger partial charge in [0, 0.05) is 17.6 Å². The number of likely N-dealkylation sites (N-methyl/N-ethyl adjacent to an activating group) is 1. The summed E-state index contributed by atoms with van der Waals surface area (Å²) in [4.78, 5) is 17.2. The van der Waals surface area contributed by atoms with Gasteiger partial charge in [-0.2, -0.15) is 0 Å². The molecule has 5 heteroatoms. The van der Waals surface area contributed by atoms with Crippen LogP contribution in [0.2, 0.25) is 0 Å². The Labute approximate surface area is 170 Å². The Hall–Kier alpha value is -3.05. The highest BCUT2D eigenvalue weighted by Crippen LogP contribution is 2.35. The normalized spacial score (nSPS) is 13.9. The topological polar surface area (TPSA) is 54.6 Å². The Kier molecular flexibility index (Phi) is 5.41. The third kappa shape index (κ3) is 4.05. The summed E-state index contributed by atoms with van der Waals surface area (Å²) >= 11 is 0. The van der Waals surface area contributed by atoms with Gasteiger partial charge in [-0.1, -0.05) is 25.1 Å². The van der Waals surface area contributed by atoms with Gasteiger partial charge in [0.2, 0.25) is 0 Å². The molecule has 0 unspecified atom stereocenters. The number of nitrogens with one attached hydrogen (secondary N) is 1. The number of rotatable bonds is 5. The zero-order valence-corrected chi connectivity index (χ0v) is 17.1. The molecule has 3 aromatic rings. The van der Waals surface area contributed by atoms with E-state index in [9.17, 15) is 4.79 Å². The van der Waals surface area contributed by atoms with Crippen LogP contribution in [0, 0.1) is 0 Å². The van der Waals surface area contributed by atoms with E-state index in [4.69, 9.17) is 9.47 Å². The van der Waals surface area contributed by atoms with Crippen LogP contribution in [-0.4, -0.2) is 43.7 Å². The van der Waals surface area contributed by atoms with E-state index in [-0.39, 0.29) is 5.56 Å². The Bertz CT molecular complexity index is 1130. The second-order valence-corrected chi connectivity index (χ2v) is 7.52. The molecule has 5 nitrogen and oxygen atoms in total. The summed E-state index contributed by atoms with van der Waals surface area (Å²) < 4.78 is 11.5. The number of aryl methyl sites for hydroxylation is 1. The molecule has 0 bridgehead atoms. The zero-order valence-electron chi connectivity index (χ0n) is 17.1. The van der Waals surface area contributed by atoms with Gasteiger partial charge in [0.05, 0.1) is 0 Å². The first kappa shape index (κ1) is 19.3. The van der Waals surface area contributed by atoms with Crippen molar-refractivity contribution >= 4 is 16.5 Å². The van der Waals surface area contributed by atoms with Crippen LogP contribution < -0.4 is 15.0 Å². The SMILES string of the molecule is CCc1cc2cc(C(=CCN(C)C)c3ccc4c(c3)OCCO4)ccc2[nH]c1=O. The lowest BCUT2D eigenvalue weighted by atomic mass is 9.95. The van der Waals surface area contributed by atoms with Crippen molar-refractivity contribution in [1.29, 1.82) is 0 Å². The smallest absolute Gasteiger partial charge is 0.251 e. The summed E-state index contributed by atoms with van der Waals surface area (Å²) in [5.74, 6) is 1.57. The minimum absolute atomic E-state index is 0.0111. The van der Waals surface area contributed by atoms with Crippen LogP contribution in [-0.2, 0) is 6.42 Å². The number of H-pyrrole nitrogens is 1. The molecule has 0 spiro atoms. The van der Waals surface area contributed by atoms with Crippen molar-refractivity contribution < 1.29 is 9.47 Å². The summed E-state index contributed by atoms with van der Waals surface area (Å²) in [7, 11) is 4.10. The lowest BCUT2D eigenvalue weighted by molar-refractivity contribution is 0.171. The molecule has 0 fully saturated rings. The van der Waals surface area contributed by atoms with Crippen LogP contribution >= 0.6 is 0 Å². The van der Waals surface area contributed by atoms with E-state index in [1.165, 1.54) is 0 Å². The molecule has 0 saturated heterocycles. The molecule has 0 amide bonds. The quantitative estimate of drug-likeness (QED) is 0.719. The summed E-state index contributed by atoms with van der Waals surface area (Å²) in [6.45, 7) is 3.96. The second kappa shape index (κ2) is 8.13. The molecule has 0 aliphatic carbocycles. The molecule has 29 heavy (non-hydrogen) atoms. The van der Waals surface area contributed by atoms with Gasteiger partial charge >= 0.3 is 0 Å².